The average molecular weight is 360 g/mol. The summed E-state index contributed by atoms with van der Waals surface area (Å²) in [7, 11) is 0. The van der Waals surface area contributed by atoms with Crippen LogP contribution in [0.1, 0.15) is 43.7 Å². The molecule has 1 aliphatic carbocycles. The fourth-order valence-corrected chi connectivity index (χ4v) is 3.84. The molecule has 0 unspecified atom stereocenters. The van der Waals surface area contributed by atoms with Crippen LogP contribution in [0.15, 0.2) is 42.5 Å². The number of phenols is 1. The highest BCUT2D eigenvalue weighted by Crippen LogP contribution is 2.41. The molecular formula is C20H19F3N2O. The number of rotatable bonds is 2. The fourth-order valence-electron chi connectivity index (χ4n) is 3.84. The zero-order valence-corrected chi connectivity index (χ0v) is 14.1. The number of aromatic nitrogens is 2. The number of halogens is 3. The zero-order chi connectivity index (χ0) is 18.3. The van der Waals surface area contributed by atoms with Crippen molar-refractivity contribution in [3.05, 3.63) is 48.0 Å². The summed E-state index contributed by atoms with van der Waals surface area (Å²) < 4.78 is 42.6. The normalized spacial score (nSPS) is 16.3. The lowest BCUT2D eigenvalue weighted by Crippen LogP contribution is -2.16. The van der Waals surface area contributed by atoms with E-state index < -0.39 is 11.7 Å². The van der Waals surface area contributed by atoms with Crippen LogP contribution < -0.4 is 0 Å². The van der Waals surface area contributed by atoms with Gasteiger partial charge in [0.05, 0.1) is 17.1 Å². The van der Waals surface area contributed by atoms with Crippen LogP contribution in [0.4, 0.5) is 13.2 Å². The Kier molecular flexibility index (Phi) is 4.13. The van der Waals surface area contributed by atoms with Crippen LogP contribution in [0.25, 0.3) is 22.2 Å². The molecule has 0 amide bonds. The van der Waals surface area contributed by atoms with Crippen LogP contribution in [0.3, 0.4) is 0 Å². The number of benzene rings is 2. The quantitative estimate of drug-likeness (QED) is 0.615. The van der Waals surface area contributed by atoms with Gasteiger partial charge in [0.2, 0.25) is 0 Å². The Bertz CT molecular complexity index is 923. The molecule has 0 spiro atoms. The van der Waals surface area contributed by atoms with E-state index in [0.29, 0.717) is 16.6 Å². The van der Waals surface area contributed by atoms with E-state index in [1.807, 2.05) is 0 Å². The molecule has 4 rings (SSSR count). The smallest absolute Gasteiger partial charge is 0.418 e. The Hall–Kier alpha value is -2.50. The molecule has 0 radical (unpaired) electrons. The van der Waals surface area contributed by atoms with Crippen molar-refractivity contribution in [2.24, 2.45) is 0 Å². The summed E-state index contributed by atoms with van der Waals surface area (Å²) in [6, 6.07) is 10.7. The van der Waals surface area contributed by atoms with Gasteiger partial charge in [-0.25, -0.2) is 0 Å². The number of nitrogens with zero attached hydrogens (tertiary/aromatic N) is 2. The van der Waals surface area contributed by atoms with Gasteiger partial charge in [-0.3, -0.25) is 4.68 Å². The van der Waals surface area contributed by atoms with Crippen molar-refractivity contribution in [3.63, 3.8) is 0 Å². The molecule has 1 aromatic heterocycles. The van der Waals surface area contributed by atoms with Crippen molar-refractivity contribution in [2.75, 3.05) is 0 Å². The molecular weight excluding hydrogens is 341 g/mol. The Morgan fingerprint density at radius 2 is 1.65 bits per heavy atom. The Labute approximate surface area is 149 Å². The fraction of sp³-hybridized carbons (Fsp3) is 0.350. The predicted molar refractivity (Wildman–Crippen MR) is 94.0 cm³/mol. The molecule has 0 bridgehead atoms. The summed E-state index contributed by atoms with van der Waals surface area (Å²) in [6.45, 7) is 0. The molecule has 1 heterocycles. The summed E-state index contributed by atoms with van der Waals surface area (Å²) in [4.78, 5) is 0. The van der Waals surface area contributed by atoms with E-state index in [0.717, 1.165) is 38.2 Å². The van der Waals surface area contributed by atoms with E-state index >= 15 is 0 Å². The Morgan fingerprint density at radius 1 is 0.962 bits per heavy atom. The third-order valence-electron chi connectivity index (χ3n) is 5.09. The topological polar surface area (TPSA) is 38.1 Å². The first-order chi connectivity index (χ1) is 12.4. The molecule has 0 saturated heterocycles. The van der Waals surface area contributed by atoms with E-state index in [2.05, 4.69) is 5.10 Å². The van der Waals surface area contributed by atoms with Gasteiger partial charge < -0.3 is 5.11 Å². The summed E-state index contributed by atoms with van der Waals surface area (Å²) in [5.74, 6) is 0.112. The van der Waals surface area contributed by atoms with Gasteiger partial charge in [0, 0.05) is 10.9 Å². The number of phenolic OH excluding ortho intramolecular Hbond substituents is 1. The second-order valence-corrected chi connectivity index (χ2v) is 6.83. The summed E-state index contributed by atoms with van der Waals surface area (Å²) in [6.07, 6.45) is 0.393. The van der Waals surface area contributed by atoms with Crippen LogP contribution in [0.2, 0.25) is 0 Å². The minimum atomic E-state index is -4.43. The lowest BCUT2D eigenvalue weighted by molar-refractivity contribution is -0.136. The van der Waals surface area contributed by atoms with Gasteiger partial charge in [-0.15, -0.1) is 0 Å². The molecule has 3 nitrogen and oxygen atoms in total. The molecule has 1 N–H and O–H groups in total. The molecule has 1 fully saturated rings. The van der Waals surface area contributed by atoms with Crippen LogP contribution >= 0.6 is 0 Å². The third kappa shape index (κ3) is 2.93. The molecule has 1 aliphatic rings. The van der Waals surface area contributed by atoms with Crippen molar-refractivity contribution in [2.45, 2.75) is 44.3 Å². The lowest BCUT2D eigenvalue weighted by atomic mass is 9.95. The van der Waals surface area contributed by atoms with E-state index in [1.165, 1.54) is 18.2 Å². The number of para-hydroxylation sites is 1. The number of hydrogen-bond donors (Lipinski definition) is 1. The van der Waals surface area contributed by atoms with E-state index in [1.54, 1.807) is 22.9 Å². The maximum atomic E-state index is 13.7. The molecule has 6 heteroatoms. The standard InChI is InChI=1S/C20H19F3N2O/c21-20(22,23)17-8-4-7-16-18(13-9-11-15(26)12-10-13)24-25(19(16)17)14-5-2-1-3-6-14/h4,7-12,14,26H,1-3,5-6H2. The first kappa shape index (κ1) is 16.9. The summed E-state index contributed by atoms with van der Waals surface area (Å²) in [5.41, 5.74) is 0.742. The maximum Gasteiger partial charge on any atom is 0.418 e. The Morgan fingerprint density at radius 3 is 2.31 bits per heavy atom. The largest absolute Gasteiger partial charge is 0.508 e. The highest BCUT2D eigenvalue weighted by Gasteiger charge is 2.36. The van der Waals surface area contributed by atoms with E-state index in [-0.39, 0.29) is 17.3 Å². The second kappa shape index (κ2) is 6.34. The van der Waals surface area contributed by atoms with Crippen molar-refractivity contribution >= 4 is 10.9 Å². The maximum absolute atomic E-state index is 13.7. The lowest BCUT2D eigenvalue weighted by Gasteiger charge is -2.23. The van der Waals surface area contributed by atoms with Crippen molar-refractivity contribution in [1.82, 2.24) is 9.78 Å². The second-order valence-electron chi connectivity index (χ2n) is 6.83. The van der Waals surface area contributed by atoms with Gasteiger partial charge in [-0.05, 0) is 43.2 Å². The van der Waals surface area contributed by atoms with Gasteiger partial charge in [-0.2, -0.15) is 18.3 Å². The number of alkyl halides is 3. The van der Waals surface area contributed by atoms with Crippen LogP contribution in [-0.2, 0) is 6.18 Å². The molecule has 136 valence electrons. The third-order valence-corrected chi connectivity index (χ3v) is 5.09. The van der Waals surface area contributed by atoms with Crippen LogP contribution in [0.5, 0.6) is 5.75 Å². The van der Waals surface area contributed by atoms with Crippen molar-refractivity contribution in [1.29, 1.82) is 0 Å². The zero-order valence-electron chi connectivity index (χ0n) is 14.1. The van der Waals surface area contributed by atoms with Gasteiger partial charge in [0.15, 0.2) is 0 Å². The molecule has 0 aliphatic heterocycles. The first-order valence-electron chi connectivity index (χ1n) is 8.83. The van der Waals surface area contributed by atoms with Gasteiger partial charge in [0.1, 0.15) is 11.4 Å². The monoisotopic (exact) mass is 360 g/mol. The highest BCUT2D eigenvalue weighted by molar-refractivity contribution is 5.95. The van der Waals surface area contributed by atoms with Gasteiger partial charge in [0.25, 0.3) is 0 Å². The molecule has 2 aromatic carbocycles. The predicted octanol–water partition coefficient (Wildman–Crippen LogP) is 5.93. The van der Waals surface area contributed by atoms with Gasteiger partial charge in [-0.1, -0.05) is 31.4 Å². The number of hydrogen-bond acceptors (Lipinski definition) is 2. The van der Waals surface area contributed by atoms with Crippen LogP contribution in [-0.4, -0.2) is 14.9 Å². The van der Waals surface area contributed by atoms with Crippen molar-refractivity contribution in [3.8, 4) is 17.0 Å². The molecule has 0 atom stereocenters. The van der Waals surface area contributed by atoms with Crippen LogP contribution in [0, 0.1) is 0 Å². The average Bonchev–Trinajstić information content (AvgIpc) is 3.02. The summed E-state index contributed by atoms with van der Waals surface area (Å²) in [5, 5.41) is 14.6. The Balaban J connectivity index is 1.97. The van der Waals surface area contributed by atoms with Gasteiger partial charge >= 0.3 is 6.18 Å². The van der Waals surface area contributed by atoms with E-state index in [4.69, 9.17) is 0 Å². The van der Waals surface area contributed by atoms with E-state index in [9.17, 15) is 18.3 Å². The SMILES string of the molecule is Oc1ccc(-c2nn(C3CCCCC3)c3c(C(F)(F)F)cccc23)cc1. The molecule has 26 heavy (non-hydrogen) atoms. The summed E-state index contributed by atoms with van der Waals surface area (Å²) >= 11 is 0. The highest BCUT2D eigenvalue weighted by atomic mass is 19.4. The minimum Gasteiger partial charge on any atom is -0.508 e. The molecule has 3 aromatic rings. The number of aromatic hydroxyl groups is 1. The molecule has 1 saturated carbocycles. The number of fused-ring (bicyclic) bond motifs is 1. The minimum absolute atomic E-state index is 0.0133. The first-order valence-corrected chi connectivity index (χ1v) is 8.83. The van der Waals surface area contributed by atoms with Crippen molar-refractivity contribution < 1.29 is 18.3 Å².